The number of hydrogen-bond acceptors (Lipinski definition) is 3. The minimum absolute atomic E-state index is 0.104. The van der Waals surface area contributed by atoms with Crippen LogP contribution in [0.4, 0.5) is 0 Å². The Kier molecular flexibility index (Phi) is 6.50. The second-order valence-electron chi connectivity index (χ2n) is 7.71. The van der Waals surface area contributed by atoms with Crippen LogP contribution < -0.4 is 0 Å². The Morgan fingerprint density at radius 3 is 1.82 bits per heavy atom. The maximum Gasteiger partial charge on any atom is 0.318 e. The number of esters is 1. The molecule has 1 saturated heterocycles. The number of hydrogen-bond donors (Lipinski definition) is 0. The Morgan fingerprint density at radius 2 is 1.36 bits per heavy atom. The van der Waals surface area contributed by atoms with E-state index in [1.165, 1.54) is 0 Å². The van der Waals surface area contributed by atoms with Gasteiger partial charge in [0.2, 0.25) is 0 Å². The summed E-state index contributed by atoms with van der Waals surface area (Å²) < 4.78 is 5.70. The van der Waals surface area contributed by atoms with Gasteiger partial charge in [0.1, 0.15) is 5.92 Å². The lowest BCUT2D eigenvalue weighted by atomic mass is 9.91. The van der Waals surface area contributed by atoms with Crippen LogP contribution in [-0.2, 0) is 14.3 Å². The van der Waals surface area contributed by atoms with Crippen LogP contribution in [0.25, 0.3) is 0 Å². The molecule has 2 aromatic rings. The third-order valence-corrected chi connectivity index (χ3v) is 5.59. The van der Waals surface area contributed by atoms with E-state index in [1.54, 1.807) is 6.92 Å². The average Bonchev–Trinajstić information content (AvgIpc) is 2.69. The first-order chi connectivity index (χ1) is 13.5. The van der Waals surface area contributed by atoms with Gasteiger partial charge in [-0.05, 0) is 51.2 Å². The third kappa shape index (κ3) is 4.44. The van der Waals surface area contributed by atoms with Crippen LogP contribution in [0.15, 0.2) is 60.7 Å². The predicted octanol–water partition coefficient (Wildman–Crippen LogP) is 4.54. The van der Waals surface area contributed by atoms with E-state index in [4.69, 9.17) is 4.74 Å². The first-order valence-corrected chi connectivity index (χ1v) is 10.1. The maximum absolute atomic E-state index is 13.1. The molecule has 3 atom stereocenters. The Hall–Kier alpha value is -2.62. The van der Waals surface area contributed by atoms with Gasteiger partial charge in [0.15, 0.2) is 6.10 Å². The van der Waals surface area contributed by atoms with Gasteiger partial charge in [-0.15, -0.1) is 0 Å². The average molecular weight is 380 g/mol. The molecular weight excluding hydrogens is 350 g/mol. The Morgan fingerprint density at radius 1 is 0.893 bits per heavy atom. The molecular formula is C24H29NO3. The van der Waals surface area contributed by atoms with Crippen molar-refractivity contribution in [3.8, 4) is 0 Å². The van der Waals surface area contributed by atoms with Gasteiger partial charge in [-0.25, -0.2) is 0 Å². The fraction of sp³-hybridized carbons (Fsp3) is 0.417. The molecule has 1 aliphatic rings. The zero-order chi connectivity index (χ0) is 20.1. The van der Waals surface area contributed by atoms with Crippen LogP contribution >= 0.6 is 0 Å². The van der Waals surface area contributed by atoms with E-state index >= 15 is 0 Å². The van der Waals surface area contributed by atoms with E-state index in [2.05, 4.69) is 13.8 Å². The Labute approximate surface area is 167 Å². The topological polar surface area (TPSA) is 46.6 Å². The summed E-state index contributed by atoms with van der Waals surface area (Å²) in [5, 5.41) is 0. The molecule has 1 fully saturated rings. The summed E-state index contributed by atoms with van der Waals surface area (Å²) in [6.07, 6.45) is 2.32. The quantitative estimate of drug-likeness (QED) is 0.717. The highest BCUT2D eigenvalue weighted by molar-refractivity contribution is 5.87. The van der Waals surface area contributed by atoms with E-state index in [-0.39, 0.29) is 18.0 Å². The van der Waals surface area contributed by atoms with Gasteiger partial charge in [0, 0.05) is 12.1 Å². The molecule has 1 aliphatic heterocycles. The summed E-state index contributed by atoms with van der Waals surface area (Å²) in [5.74, 6) is -1.04. The lowest BCUT2D eigenvalue weighted by Crippen LogP contribution is -2.51. The van der Waals surface area contributed by atoms with Crippen molar-refractivity contribution in [2.45, 2.75) is 64.1 Å². The van der Waals surface area contributed by atoms with Crippen molar-refractivity contribution in [1.82, 2.24) is 4.90 Å². The molecule has 0 aliphatic carbocycles. The first-order valence-electron chi connectivity index (χ1n) is 10.1. The van der Waals surface area contributed by atoms with Crippen molar-refractivity contribution in [3.63, 3.8) is 0 Å². The van der Waals surface area contributed by atoms with Gasteiger partial charge in [0.25, 0.3) is 5.91 Å². The minimum atomic E-state index is -0.801. The number of nitrogens with zero attached hydrogens (tertiary/aromatic N) is 1. The number of ether oxygens (including phenoxy) is 1. The van der Waals surface area contributed by atoms with Crippen molar-refractivity contribution >= 4 is 11.9 Å². The van der Waals surface area contributed by atoms with Crippen LogP contribution in [0, 0.1) is 0 Å². The number of likely N-dealkylation sites (tertiary alicyclic amines) is 1. The third-order valence-electron chi connectivity index (χ3n) is 5.59. The molecule has 4 heteroatoms. The Balaban J connectivity index is 1.79. The molecule has 0 bridgehead atoms. The molecule has 0 radical (unpaired) electrons. The molecule has 0 N–H and O–H groups in total. The van der Waals surface area contributed by atoms with E-state index in [9.17, 15) is 9.59 Å². The number of rotatable bonds is 5. The molecule has 148 valence electrons. The van der Waals surface area contributed by atoms with Gasteiger partial charge in [-0.1, -0.05) is 60.7 Å². The van der Waals surface area contributed by atoms with Crippen molar-refractivity contribution < 1.29 is 14.3 Å². The molecule has 3 rings (SSSR count). The van der Waals surface area contributed by atoms with Crippen molar-refractivity contribution in [2.24, 2.45) is 0 Å². The summed E-state index contributed by atoms with van der Waals surface area (Å²) in [7, 11) is 0. The second kappa shape index (κ2) is 9.05. The SMILES string of the molecule is C[C@@H]1CCC[C@H](C)N1C(=O)[C@@H](C)OC(=O)C(c1ccccc1)c1ccccc1. The minimum Gasteiger partial charge on any atom is -0.452 e. The molecule has 0 aromatic heterocycles. The Bertz CT molecular complexity index is 741. The zero-order valence-electron chi connectivity index (χ0n) is 16.9. The molecule has 0 unspecified atom stereocenters. The summed E-state index contributed by atoms with van der Waals surface area (Å²) >= 11 is 0. The highest BCUT2D eigenvalue weighted by atomic mass is 16.5. The van der Waals surface area contributed by atoms with Crippen LogP contribution in [0.2, 0.25) is 0 Å². The number of piperidine rings is 1. The standard InChI is InChI=1S/C24H29NO3/c1-17-11-10-12-18(2)25(17)23(26)19(3)28-24(27)22(20-13-6-4-7-14-20)21-15-8-5-9-16-21/h4-9,13-19,22H,10-12H2,1-3H3/t17-,18+,19-/m1/s1. The lowest BCUT2D eigenvalue weighted by molar-refractivity contribution is -0.162. The molecule has 1 heterocycles. The van der Waals surface area contributed by atoms with E-state index < -0.39 is 18.0 Å². The number of amides is 1. The molecule has 2 aromatic carbocycles. The van der Waals surface area contributed by atoms with Crippen LogP contribution in [0.5, 0.6) is 0 Å². The van der Waals surface area contributed by atoms with Gasteiger partial charge in [0.05, 0.1) is 0 Å². The lowest BCUT2D eigenvalue weighted by Gasteiger charge is -2.40. The highest BCUT2D eigenvalue weighted by Gasteiger charge is 2.34. The van der Waals surface area contributed by atoms with Crippen LogP contribution in [0.1, 0.15) is 57.1 Å². The van der Waals surface area contributed by atoms with E-state index in [1.807, 2.05) is 65.6 Å². The van der Waals surface area contributed by atoms with E-state index in [0.717, 1.165) is 30.4 Å². The molecule has 0 saturated carbocycles. The molecule has 4 nitrogen and oxygen atoms in total. The summed E-state index contributed by atoms with van der Waals surface area (Å²) in [6, 6.07) is 19.5. The van der Waals surface area contributed by atoms with Crippen molar-refractivity contribution in [3.05, 3.63) is 71.8 Å². The van der Waals surface area contributed by atoms with Gasteiger partial charge in [-0.2, -0.15) is 0 Å². The fourth-order valence-electron chi connectivity index (χ4n) is 4.11. The molecule has 1 amide bonds. The fourth-order valence-corrected chi connectivity index (χ4v) is 4.11. The largest absolute Gasteiger partial charge is 0.452 e. The van der Waals surface area contributed by atoms with Crippen molar-refractivity contribution in [1.29, 1.82) is 0 Å². The molecule has 0 spiro atoms. The van der Waals surface area contributed by atoms with Crippen molar-refractivity contribution in [2.75, 3.05) is 0 Å². The summed E-state index contributed by atoms with van der Waals surface area (Å²) in [6.45, 7) is 5.82. The first kappa shape index (κ1) is 20.1. The van der Waals surface area contributed by atoms with Gasteiger partial charge >= 0.3 is 5.97 Å². The van der Waals surface area contributed by atoms with Gasteiger partial charge in [-0.3, -0.25) is 9.59 Å². The smallest absolute Gasteiger partial charge is 0.318 e. The van der Waals surface area contributed by atoms with Crippen LogP contribution in [0.3, 0.4) is 0 Å². The second-order valence-corrected chi connectivity index (χ2v) is 7.71. The predicted molar refractivity (Wildman–Crippen MR) is 110 cm³/mol. The number of carbonyl (C=O) groups is 2. The zero-order valence-corrected chi connectivity index (χ0v) is 16.9. The van der Waals surface area contributed by atoms with Crippen LogP contribution in [-0.4, -0.2) is 35.0 Å². The van der Waals surface area contributed by atoms with E-state index in [0.29, 0.717) is 0 Å². The normalized spacial score (nSPS) is 20.6. The summed E-state index contributed by atoms with van der Waals surface area (Å²) in [5.41, 5.74) is 1.72. The number of benzene rings is 2. The monoisotopic (exact) mass is 379 g/mol. The summed E-state index contributed by atoms with van der Waals surface area (Å²) in [4.78, 5) is 28.0. The highest BCUT2D eigenvalue weighted by Crippen LogP contribution is 2.28. The van der Waals surface area contributed by atoms with Gasteiger partial charge < -0.3 is 9.64 Å². The number of carbonyl (C=O) groups excluding carboxylic acids is 2. The maximum atomic E-state index is 13.1. The molecule has 28 heavy (non-hydrogen) atoms.